The number of ketones is 1. The third kappa shape index (κ3) is 3.62. The maximum Gasteiger partial charge on any atom is 0.344 e. The minimum Gasteiger partial charge on any atom is -0.462 e. The fourth-order valence-electron chi connectivity index (χ4n) is 2.64. The van der Waals surface area contributed by atoms with Crippen LogP contribution in [-0.4, -0.2) is 41.1 Å². The van der Waals surface area contributed by atoms with Gasteiger partial charge >= 0.3 is 11.9 Å². The summed E-state index contributed by atoms with van der Waals surface area (Å²) in [5, 5.41) is 3.67. The van der Waals surface area contributed by atoms with Gasteiger partial charge in [0.05, 0.1) is 23.4 Å². The van der Waals surface area contributed by atoms with Crippen LogP contribution in [0, 0.1) is 27.7 Å². The van der Waals surface area contributed by atoms with E-state index in [1.807, 2.05) is 0 Å². The second-order valence-electron chi connectivity index (χ2n) is 5.54. The molecule has 0 aliphatic heterocycles. The van der Waals surface area contributed by atoms with E-state index in [0.717, 1.165) is 0 Å². The summed E-state index contributed by atoms with van der Waals surface area (Å²) in [7, 11) is 0. The molecule has 8 heteroatoms. The van der Waals surface area contributed by atoms with Crippen LogP contribution in [0.4, 0.5) is 0 Å². The molecule has 0 fully saturated rings. The van der Waals surface area contributed by atoms with Crippen molar-refractivity contribution in [1.82, 2.24) is 10.1 Å². The second kappa shape index (κ2) is 7.33. The quantitative estimate of drug-likeness (QED) is 0.630. The molecule has 1 N–H and O–H groups in total. The van der Waals surface area contributed by atoms with Crippen LogP contribution < -0.4 is 0 Å². The molecule has 0 bridgehead atoms. The molecule has 25 heavy (non-hydrogen) atoms. The minimum absolute atomic E-state index is 0.165. The van der Waals surface area contributed by atoms with E-state index in [1.165, 1.54) is 0 Å². The standard InChI is InChI=1S/C17H20N2O6/c1-6-23-17(22)15-9(3)18-8(2)14(15)12(20)7-24-16(21)13-10(4)19-25-11(13)5/h18H,6-7H2,1-5H3. The largest absolute Gasteiger partial charge is 0.462 e. The Morgan fingerprint density at radius 2 is 1.56 bits per heavy atom. The Balaban J connectivity index is 2.19. The van der Waals surface area contributed by atoms with E-state index in [2.05, 4.69) is 10.1 Å². The monoisotopic (exact) mass is 348 g/mol. The summed E-state index contributed by atoms with van der Waals surface area (Å²) in [5.41, 5.74) is 1.95. The zero-order chi connectivity index (χ0) is 18.7. The first-order valence-electron chi connectivity index (χ1n) is 7.77. The number of Topliss-reactive ketones (excluding diaryl/α,β-unsaturated/α-hetero) is 1. The molecule has 0 atom stereocenters. The van der Waals surface area contributed by atoms with Crippen molar-refractivity contribution in [3.63, 3.8) is 0 Å². The highest BCUT2D eigenvalue weighted by Crippen LogP contribution is 2.21. The summed E-state index contributed by atoms with van der Waals surface area (Å²) >= 11 is 0. The average Bonchev–Trinajstić information content (AvgIpc) is 3.03. The molecule has 0 saturated carbocycles. The first-order chi connectivity index (χ1) is 11.8. The van der Waals surface area contributed by atoms with Crippen molar-refractivity contribution in [3.05, 3.63) is 39.5 Å². The fourth-order valence-corrected chi connectivity index (χ4v) is 2.64. The van der Waals surface area contributed by atoms with Crippen LogP contribution in [-0.2, 0) is 9.47 Å². The van der Waals surface area contributed by atoms with E-state index in [9.17, 15) is 14.4 Å². The van der Waals surface area contributed by atoms with Crippen molar-refractivity contribution in [2.75, 3.05) is 13.2 Å². The molecule has 134 valence electrons. The number of nitrogens with one attached hydrogen (secondary N) is 1. The number of nitrogens with zero attached hydrogens (tertiary/aromatic N) is 1. The maximum atomic E-state index is 12.5. The van der Waals surface area contributed by atoms with Gasteiger partial charge in [-0.15, -0.1) is 0 Å². The average molecular weight is 348 g/mol. The number of hydrogen-bond acceptors (Lipinski definition) is 7. The summed E-state index contributed by atoms with van der Waals surface area (Å²) in [6.45, 7) is 7.89. The summed E-state index contributed by atoms with van der Waals surface area (Å²) in [6, 6.07) is 0. The lowest BCUT2D eigenvalue weighted by atomic mass is 10.1. The lowest BCUT2D eigenvalue weighted by Crippen LogP contribution is -2.18. The Kier molecular flexibility index (Phi) is 5.41. The number of hydrogen-bond donors (Lipinski definition) is 1. The number of rotatable bonds is 6. The van der Waals surface area contributed by atoms with Crippen molar-refractivity contribution < 1.29 is 28.4 Å². The van der Waals surface area contributed by atoms with E-state index in [0.29, 0.717) is 22.8 Å². The van der Waals surface area contributed by atoms with Gasteiger partial charge < -0.3 is 19.0 Å². The van der Waals surface area contributed by atoms with Crippen molar-refractivity contribution in [2.45, 2.75) is 34.6 Å². The third-order valence-electron chi connectivity index (χ3n) is 3.71. The topological polar surface area (TPSA) is 111 Å². The van der Waals surface area contributed by atoms with Gasteiger partial charge in [0, 0.05) is 11.4 Å². The SMILES string of the molecule is CCOC(=O)c1c(C)[nH]c(C)c1C(=O)COC(=O)c1c(C)noc1C. The Morgan fingerprint density at radius 1 is 0.960 bits per heavy atom. The van der Waals surface area contributed by atoms with E-state index in [-0.39, 0.29) is 23.3 Å². The predicted octanol–water partition coefficient (Wildman–Crippen LogP) is 2.45. The Hall–Kier alpha value is -2.90. The highest BCUT2D eigenvalue weighted by molar-refractivity contribution is 6.09. The Labute approximate surface area is 144 Å². The van der Waals surface area contributed by atoms with Gasteiger partial charge in [-0.2, -0.15) is 0 Å². The van der Waals surface area contributed by atoms with Gasteiger partial charge in [0.25, 0.3) is 0 Å². The van der Waals surface area contributed by atoms with E-state index < -0.39 is 24.3 Å². The zero-order valence-electron chi connectivity index (χ0n) is 14.8. The molecule has 2 heterocycles. The van der Waals surface area contributed by atoms with Crippen molar-refractivity contribution in [2.24, 2.45) is 0 Å². The number of aryl methyl sites for hydroxylation is 4. The molecule has 8 nitrogen and oxygen atoms in total. The molecule has 2 aromatic rings. The Bertz CT molecular complexity index is 811. The molecular weight excluding hydrogens is 328 g/mol. The molecule has 0 aliphatic carbocycles. The number of carbonyl (C=O) groups excluding carboxylic acids is 3. The third-order valence-corrected chi connectivity index (χ3v) is 3.71. The normalized spacial score (nSPS) is 10.6. The van der Waals surface area contributed by atoms with Crippen LogP contribution in [0.1, 0.15) is 60.8 Å². The minimum atomic E-state index is -0.702. The van der Waals surface area contributed by atoms with Crippen LogP contribution in [0.15, 0.2) is 4.52 Å². The molecule has 0 spiro atoms. The fraction of sp³-hybridized carbons (Fsp3) is 0.412. The summed E-state index contributed by atoms with van der Waals surface area (Å²) in [6.07, 6.45) is 0. The number of ether oxygens (including phenoxy) is 2. The Morgan fingerprint density at radius 3 is 2.12 bits per heavy atom. The summed E-state index contributed by atoms with van der Waals surface area (Å²) < 4.78 is 15.0. The highest BCUT2D eigenvalue weighted by atomic mass is 16.5. The zero-order valence-corrected chi connectivity index (χ0v) is 14.8. The summed E-state index contributed by atoms with van der Waals surface area (Å²) in [5.74, 6) is -1.47. The molecule has 0 aliphatic rings. The van der Waals surface area contributed by atoms with Gasteiger partial charge in [0.15, 0.2) is 6.61 Å². The first kappa shape index (κ1) is 18.4. The van der Waals surface area contributed by atoms with Crippen LogP contribution in [0.5, 0.6) is 0 Å². The van der Waals surface area contributed by atoms with Crippen LogP contribution in [0.25, 0.3) is 0 Å². The lowest BCUT2D eigenvalue weighted by molar-refractivity contribution is 0.0470. The van der Waals surface area contributed by atoms with Crippen molar-refractivity contribution in [1.29, 1.82) is 0 Å². The molecule has 0 saturated heterocycles. The van der Waals surface area contributed by atoms with Crippen molar-refractivity contribution >= 4 is 17.7 Å². The number of H-pyrrole nitrogens is 1. The van der Waals surface area contributed by atoms with Gasteiger partial charge in [0.2, 0.25) is 5.78 Å². The predicted molar refractivity (Wildman–Crippen MR) is 86.8 cm³/mol. The number of aromatic nitrogens is 2. The van der Waals surface area contributed by atoms with E-state index >= 15 is 0 Å². The molecule has 0 amide bonds. The van der Waals surface area contributed by atoms with Gasteiger partial charge in [-0.3, -0.25) is 4.79 Å². The smallest absolute Gasteiger partial charge is 0.344 e. The molecular formula is C17H20N2O6. The van der Waals surface area contributed by atoms with E-state index in [4.69, 9.17) is 14.0 Å². The number of esters is 2. The molecule has 0 aromatic carbocycles. The van der Waals surface area contributed by atoms with Crippen LogP contribution >= 0.6 is 0 Å². The van der Waals surface area contributed by atoms with Gasteiger partial charge in [-0.1, -0.05) is 5.16 Å². The summed E-state index contributed by atoms with van der Waals surface area (Å²) in [4.78, 5) is 39.7. The van der Waals surface area contributed by atoms with Crippen LogP contribution in [0.2, 0.25) is 0 Å². The number of aromatic amines is 1. The highest BCUT2D eigenvalue weighted by Gasteiger charge is 2.27. The molecule has 0 unspecified atom stereocenters. The van der Waals surface area contributed by atoms with Crippen LogP contribution in [0.3, 0.4) is 0 Å². The first-order valence-corrected chi connectivity index (χ1v) is 7.77. The molecule has 2 rings (SSSR count). The second-order valence-corrected chi connectivity index (χ2v) is 5.54. The maximum absolute atomic E-state index is 12.5. The van der Waals surface area contributed by atoms with Crippen molar-refractivity contribution in [3.8, 4) is 0 Å². The molecule has 0 radical (unpaired) electrons. The van der Waals surface area contributed by atoms with Gasteiger partial charge in [0.1, 0.15) is 11.3 Å². The van der Waals surface area contributed by atoms with E-state index in [1.54, 1.807) is 34.6 Å². The van der Waals surface area contributed by atoms with Gasteiger partial charge in [-0.25, -0.2) is 9.59 Å². The molecule has 2 aromatic heterocycles. The van der Waals surface area contributed by atoms with Gasteiger partial charge in [-0.05, 0) is 34.6 Å². The number of carbonyl (C=O) groups is 3. The lowest BCUT2D eigenvalue weighted by Gasteiger charge is -2.07.